The number of carbonyl (C=O) groups excluding carboxylic acids is 1. The van der Waals surface area contributed by atoms with Gasteiger partial charge in [-0.3, -0.25) is 4.79 Å². The first kappa shape index (κ1) is 26.9. The van der Waals surface area contributed by atoms with Gasteiger partial charge >= 0.3 is 5.97 Å². The molecule has 4 atom stereocenters. The zero-order chi connectivity index (χ0) is 25.9. The average Bonchev–Trinajstić information content (AvgIpc) is 3.19. The number of hydrogen-bond acceptors (Lipinski definition) is 4. The Morgan fingerprint density at radius 1 is 0.944 bits per heavy atom. The Kier molecular flexibility index (Phi) is 8.26. The van der Waals surface area contributed by atoms with Gasteiger partial charge in [-0.25, -0.2) is 0 Å². The molecule has 36 heavy (non-hydrogen) atoms. The standard InChI is InChI=1S/C32H46N2O2/c1-7-34(8-2)22-21-33(6)23-26-27-19-20-32(5,31(27,3)4)29(26)36-30(35)28(24-15-11-9-12-16-24)25-17-13-10-14-18-25/h9-18,26-29H,7-8,19-23H2,1-6H3. The monoisotopic (exact) mass is 490 g/mol. The van der Waals surface area contributed by atoms with Crippen molar-refractivity contribution in [3.63, 3.8) is 0 Å². The number of benzene rings is 2. The summed E-state index contributed by atoms with van der Waals surface area (Å²) >= 11 is 0. The first-order valence-corrected chi connectivity index (χ1v) is 13.9. The zero-order valence-electron chi connectivity index (χ0n) is 23.2. The van der Waals surface area contributed by atoms with Crippen molar-refractivity contribution in [1.29, 1.82) is 0 Å². The van der Waals surface area contributed by atoms with Crippen LogP contribution in [-0.2, 0) is 9.53 Å². The van der Waals surface area contributed by atoms with Crippen molar-refractivity contribution in [3.8, 4) is 0 Å². The van der Waals surface area contributed by atoms with Crippen LogP contribution in [0.4, 0.5) is 0 Å². The van der Waals surface area contributed by atoms with Gasteiger partial charge in [0, 0.05) is 31.0 Å². The third kappa shape index (κ3) is 4.99. The van der Waals surface area contributed by atoms with Gasteiger partial charge in [0.05, 0.1) is 0 Å². The molecule has 2 bridgehead atoms. The summed E-state index contributed by atoms with van der Waals surface area (Å²) in [5.74, 6) is 0.414. The minimum absolute atomic E-state index is 0.00433. The topological polar surface area (TPSA) is 32.8 Å². The molecular formula is C32H46N2O2. The minimum Gasteiger partial charge on any atom is -0.461 e. The van der Waals surface area contributed by atoms with Crippen molar-refractivity contribution in [2.75, 3.05) is 39.8 Å². The number of rotatable bonds is 11. The lowest BCUT2D eigenvalue weighted by atomic mass is 9.70. The maximum absolute atomic E-state index is 14.0. The molecule has 0 radical (unpaired) electrons. The van der Waals surface area contributed by atoms with Gasteiger partial charge in [-0.1, -0.05) is 95.3 Å². The number of carbonyl (C=O) groups is 1. The molecule has 2 aliphatic carbocycles. The van der Waals surface area contributed by atoms with Crippen molar-refractivity contribution in [1.82, 2.24) is 9.80 Å². The Labute approximate surface area is 219 Å². The lowest BCUT2D eigenvalue weighted by molar-refractivity contribution is -0.162. The highest BCUT2D eigenvalue weighted by molar-refractivity contribution is 5.82. The molecule has 4 nitrogen and oxygen atoms in total. The number of esters is 1. The number of hydrogen-bond donors (Lipinski definition) is 0. The van der Waals surface area contributed by atoms with Crippen LogP contribution < -0.4 is 0 Å². The molecule has 2 saturated carbocycles. The fourth-order valence-electron chi connectivity index (χ4n) is 7.20. The second-order valence-electron chi connectivity index (χ2n) is 11.8. The largest absolute Gasteiger partial charge is 0.461 e. The van der Waals surface area contributed by atoms with Crippen LogP contribution in [0.15, 0.2) is 60.7 Å². The van der Waals surface area contributed by atoms with Gasteiger partial charge in [-0.15, -0.1) is 0 Å². The summed E-state index contributed by atoms with van der Waals surface area (Å²) in [5, 5.41) is 0. The summed E-state index contributed by atoms with van der Waals surface area (Å²) in [4.78, 5) is 19.0. The Hall–Kier alpha value is -2.17. The molecule has 4 unspecified atom stereocenters. The molecular weight excluding hydrogens is 444 g/mol. The van der Waals surface area contributed by atoms with Gasteiger partial charge in [0.25, 0.3) is 0 Å². The van der Waals surface area contributed by atoms with E-state index in [9.17, 15) is 4.79 Å². The van der Waals surface area contributed by atoms with E-state index in [1.807, 2.05) is 60.7 Å². The number of nitrogens with zero attached hydrogens (tertiary/aromatic N) is 2. The van der Waals surface area contributed by atoms with Gasteiger partial charge in [-0.05, 0) is 55.4 Å². The molecule has 4 heteroatoms. The predicted octanol–water partition coefficient (Wildman–Crippen LogP) is 6.08. The first-order chi connectivity index (χ1) is 17.2. The molecule has 0 spiro atoms. The maximum atomic E-state index is 14.0. The molecule has 4 rings (SSSR count). The molecule has 0 heterocycles. The summed E-state index contributed by atoms with van der Waals surface area (Å²) in [6, 6.07) is 20.2. The van der Waals surface area contributed by atoms with Crippen LogP contribution >= 0.6 is 0 Å². The van der Waals surface area contributed by atoms with Crippen LogP contribution in [0.1, 0.15) is 64.5 Å². The van der Waals surface area contributed by atoms with Crippen LogP contribution in [0.5, 0.6) is 0 Å². The Balaban J connectivity index is 1.58. The fourth-order valence-corrected chi connectivity index (χ4v) is 7.20. The van der Waals surface area contributed by atoms with E-state index in [1.54, 1.807) is 0 Å². The molecule has 0 amide bonds. The Morgan fingerprint density at radius 3 is 2.03 bits per heavy atom. The average molecular weight is 491 g/mol. The van der Waals surface area contributed by atoms with Gasteiger partial charge in [0.15, 0.2) is 0 Å². The van der Waals surface area contributed by atoms with E-state index in [4.69, 9.17) is 4.74 Å². The van der Waals surface area contributed by atoms with Gasteiger partial charge in [0.1, 0.15) is 12.0 Å². The SMILES string of the molecule is CCN(CC)CCN(C)CC1C2CCC(C)(C1OC(=O)C(c1ccccc1)c1ccccc1)C2(C)C. The molecule has 196 valence electrons. The van der Waals surface area contributed by atoms with Crippen molar-refractivity contribution >= 4 is 5.97 Å². The zero-order valence-corrected chi connectivity index (χ0v) is 23.2. The lowest BCUT2D eigenvalue weighted by Crippen LogP contribution is -2.45. The lowest BCUT2D eigenvalue weighted by Gasteiger charge is -2.40. The van der Waals surface area contributed by atoms with E-state index in [1.165, 1.54) is 6.42 Å². The predicted molar refractivity (Wildman–Crippen MR) is 148 cm³/mol. The van der Waals surface area contributed by atoms with Crippen LogP contribution in [0.2, 0.25) is 0 Å². The van der Waals surface area contributed by atoms with Gasteiger partial charge < -0.3 is 14.5 Å². The normalized spacial score (nSPS) is 26.8. The molecule has 0 aliphatic heterocycles. The quantitative estimate of drug-likeness (QED) is 0.358. The second-order valence-corrected chi connectivity index (χ2v) is 11.8. The van der Waals surface area contributed by atoms with Crippen molar-refractivity contribution in [2.24, 2.45) is 22.7 Å². The molecule has 0 aromatic heterocycles. The number of ether oxygens (including phenoxy) is 1. The van der Waals surface area contributed by atoms with E-state index < -0.39 is 5.92 Å². The summed E-state index contributed by atoms with van der Waals surface area (Å²) in [6.45, 7) is 16.9. The van der Waals surface area contributed by atoms with Crippen LogP contribution in [0, 0.1) is 22.7 Å². The molecule has 2 aromatic rings. The number of fused-ring (bicyclic) bond motifs is 2. The molecule has 2 aromatic carbocycles. The first-order valence-electron chi connectivity index (χ1n) is 13.9. The van der Waals surface area contributed by atoms with Crippen molar-refractivity contribution in [3.05, 3.63) is 71.8 Å². The summed E-state index contributed by atoms with van der Waals surface area (Å²) in [7, 11) is 2.24. The van der Waals surface area contributed by atoms with Crippen molar-refractivity contribution in [2.45, 2.75) is 59.5 Å². The highest BCUT2D eigenvalue weighted by atomic mass is 16.5. The minimum atomic E-state index is -0.403. The fraction of sp³-hybridized carbons (Fsp3) is 0.594. The molecule has 0 N–H and O–H groups in total. The Morgan fingerprint density at radius 2 is 1.50 bits per heavy atom. The summed E-state index contributed by atoms with van der Waals surface area (Å²) in [5.41, 5.74) is 2.13. The van der Waals surface area contributed by atoms with Gasteiger partial charge in [0.2, 0.25) is 0 Å². The van der Waals surface area contributed by atoms with E-state index in [0.717, 1.165) is 50.3 Å². The maximum Gasteiger partial charge on any atom is 0.318 e. The van der Waals surface area contributed by atoms with Gasteiger partial charge in [-0.2, -0.15) is 0 Å². The smallest absolute Gasteiger partial charge is 0.318 e. The van der Waals surface area contributed by atoms with E-state index in [0.29, 0.717) is 11.8 Å². The third-order valence-electron chi connectivity index (χ3n) is 9.87. The van der Waals surface area contributed by atoms with Crippen molar-refractivity contribution < 1.29 is 9.53 Å². The summed E-state index contributed by atoms with van der Waals surface area (Å²) < 4.78 is 6.66. The summed E-state index contributed by atoms with van der Waals surface area (Å²) in [6.07, 6.45) is 2.29. The van der Waals surface area contributed by atoms with E-state index >= 15 is 0 Å². The molecule has 2 fully saturated rings. The second kappa shape index (κ2) is 11.1. The number of likely N-dealkylation sites (N-methyl/N-ethyl adjacent to an activating group) is 2. The Bertz CT molecular complexity index is 948. The highest BCUT2D eigenvalue weighted by Gasteiger charge is 2.67. The highest BCUT2D eigenvalue weighted by Crippen LogP contribution is 2.68. The van der Waals surface area contributed by atoms with Crippen LogP contribution in [0.3, 0.4) is 0 Å². The van der Waals surface area contributed by atoms with E-state index in [2.05, 4.69) is 51.5 Å². The third-order valence-corrected chi connectivity index (χ3v) is 9.87. The van der Waals surface area contributed by atoms with Crippen LogP contribution in [0.25, 0.3) is 0 Å². The van der Waals surface area contributed by atoms with E-state index in [-0.39, 0.29) is 22.9 Å². The molecule has 0 saturated heterocycles. The molecule has 2 aliphatic rings. The van der Waals surface area contributed by atoms with Crippen LogP contribution in [-0.4, -0.2) is 61.6 Å².